The number of benzene rings is 1. The molecular formula is C18H21N3O3S. The van der Waals surface area contributed by atoms with E-state index in [1.807, 2.05) is 0 Å². The molecule has 0 saturated carbocycles. The molecule has 0 radical (unpaired) electrons. The van der Waals surface area contributed by atoms with Crippen LogP contribution in [0.15, 0.2) is 30.3 Å². The minimum absolute atomic E-state index is 0.0133. The summed E-state index contributed by atoms with van der Waals surface area (Å²) in [6, 6.07) is 9.16. The van der Waals surface area contributed by atoms with Gasteiger partial charge in [0.2, 0.25) is 5.88 Å². The SMILES string of the molecule is COc1cc(Oc2ccc(C(=O)N[C@H]3CN4CCC3CC4)cc2)ns1. The molecule has 7 heteroatoms. The number of nitrogens with zero attached hydrogens (tertiary/aromatic N) is 2. The lowest BCUT2D eigenvalue weighted by atomic mass is 9.84. The second-order valence-corrected chi connectivity index (χ2v) is 7.30. The summed E-state index contributed by atoms with van der Waals surface area (Å²) in [4.78, 5) is 14.9. The minimum atomic E-state index is -0.0133. The summed E-state index contributed by atoms with van der Waals surface area (Å²) in [6.07, 6.45) is 2.38. The minimum Gasteiger partial charge on any atom is -0.486 e. The van der Waals surface area contributed by atoms with Crippen LogP contribution >= 0.6 is 11.5 Å². The van der Waals surface area contributed by atoms with Crippen molar-refractivity contribution < 1.29 is 14.3 Å². The number of carbonyl (C=O) groups is 1. The van der Waals surface area contributed by atoms with Crippen LogP contribution in [0.25, 0.3) is 0 Å². The molecule has 4 heterocycles. The first-order chi connectivity index (χ1) is 12.2. The Kier molecular flexibility index (Phi) is 4.59. The second kappa shape index (κ2) is 7.01. The van der Waals surface area contributed by atoms with E-state index >= 15 is 0 Å². The highest BCUT2D eigenvalue weighted by molar-refractivity contribution is 7.07. The zero-order valence-electron chi connectivity index (χ0n) is 14.1. The van der Waals surface area contributed by atoms with E-state index in [1.165, 1.54) is 37.5 Å². The standard InChI is InChI=1S/C18H21N3O3S/c1-23-17-10-16(20-25-17)24-14-4-2-13(3-5-14)18(22)19-15-11-21-8-6-12(15)7-9-21/h2-5,10,12,15H,6-9,11H2,1H3,(H,19,22)/t15-/m0/s1. The van der Waals surface area contributed by atoms with E-state index in [9.17, 15) is 4.79 Å². The number of amides is 1. The molecule has 1 amide bonds. The first kappa shape index (κ1) is 16.4. The molecule has 5 rings (SSSR count). The van der Waals surface area contributed by atoms with E-state index in [0.29, 0.717) is 28.2 Å². The summed E-state index contributed by atoms with van der Waals surface area (Å²) in [5.74, 6) is 1.75. The average Bonchev–Trinajstić information content (AvgIpc) is 3.11. The lowest BCUT2D eigenvalue weighted by Gasteiger charge is -2.44. The number of hydrogen-bond donors (Lipinski definition) is 1. The third-order valence-electron chi connectivity index (χ3n) is 4.98. The zero-order valence-corrected chi connectivity index (χ0v) is 14.9. The molecule has 0 spiro atoms. The summed E-state index contributed by atoms with van der Waals surface area (Å²) < 4.78 is 14.9. The van der Waals surface area contributed by atoms with Crippen LogP contribution < -0.4 is 14.8 Å². The van der Waals surface area contributed by atoms with Crippen molar-refractivity contribution in [1.82, 2.24) is 14.6 Å². The van der Waals surface area contributed by atoms with Gasteiger partial charge in [0.05, 0.1) is 13.2 Å². The molecule has 25 heavy (non-hydrogen) atoms. The molecule has 6 nitrogen and oxygen atoms in total. The lowest BCUT2D eigenvalue weighted by molar-refractivity contribution is 0.0620. The monoisotopic (exact) mass is 359 g/mol. The Morgan fingerprint density at radius 1 is 1.28 bits per heavy atom. The highest BCUT2D eigenvalue weighted by Crippen LogP contribution is 2.29. The van der Waals surface area contributed by atoms with Gasteiger partial charge in [0, 0.05) is 29.7 Å². The normalized spacial score (nSPS) is 24.8. The average molecular weight is 359 g/mol. The summed E-state index contributed by atoms with van der Waals surface area (Å²) in [7, 11) is 1.60. The van der Waals surface area contributed by atoms with E-state index in [4.69, 9.17) is 9.47 Å². The topological polar surface area (TPSA) is 63.7 Å². The molecule has 132 valence electrons. The highest BCUT2D eigenvalue weighted by Gasteiger charge is 2.34. The van der Waals surface area contributed by atoms with E-state index in [-0.39, 0.29) is 11.9 Å². The van der Waals surface area contributed by atoms with Crippen LogP contribution in [0.4, 0.5) is 0 Å². The van der Waals surface area contributed by atoms with Gasteiger partial charge in [-0.2, -0.15) is 4.37 Å². The summed E-state index contributed by atoms with van der Waals surface area (Å²) in [5, 5.41) is 3.90. The van der Waals surface area contributed by atoms with Crippen LogP contribution in [0, 0.1) is 5.92 Å². The van der Waals surface area contributed by atoms with Gasteiger partial charge < -0.3 is 19.7 Å². The molecule has 1 aromatic carbocycles. The number of nitrogens with one attached hydrogen (secondary N) is 1. The molecule has 2 aromatic rings. The Morgan fingerprint density at radius 2 is 2.04 bits per heavy atom. The number of fused-ring (bicyclic) bond motifs is 3. The van der Waals surface area contributed by atoms with Gasteiger partial charge in [-0.3, -0.25) is 4.79 Å². The largest absolute Gasteiger partial charge is 0.486 e. The number of carbonyl (C=O) groups excluding carboxylic acids is 1. The summed E-state index contributed by atoms with van der Waals surface area (Å²) >= 11 is 1.24. The lowest BCUT2D eigenvalue weighted by Crippen LogP contribution is -2.57. The Morgan fingerprint density at radius 3 is 2.64 bits per heavy atom. The maximum Gasteiger partial charge on any atom is 0.251 e. The number of hydrogen-bond acceptors (Lipinski definition) is 6. The van der Waals surface area contributed by atoms with Crippen LogP contribution in [0.5, 0.6) is 16.7 Å². The van der Waals surface area contributed by atoms with Gasteiger partial charge in [-0.15, -0.1) is 0 Å². The van der Waals surface area contributed by atoms with Gasteiger partial charge in [-0.25, -0.2) is 0 Å². The molecule has 3 saturated heterocycles. The molecule has 1 aromatic heterocycles. The molecule has 0 unspecified atom stereocenters. The van der Waals surface area contributed by atoms with Crippen molar-refractivity contribution in [3.8, 4) is 16.7 Å². The van der Waals surface area contributed by atoms with Crippen molar-refractivity contribution in [3.63, 3.8) is 0 Å². The Labute approximate surface area is 150 Å². The number of rotatable bonds is 5. The Bertz CT molecular complexity index is 738. The van der Waals surface area contributed by atoms with Crippen molar-refractivity contribution in [2.24, 2.45) is 5.92 Å². The van der Waals surface area contributed by atoms with E-state index in [2.05, 4.69) is 14.6 Å². The van der Waals surface area contributed by atoms with Crippen LogP contribution in [-0.2, 0) is 0 Å². The molecule has 1 N–H and O–H groups in total. The Hall–Kier alpha value is -2.12. The third-order valence-corrected chi connectivity index (χ3v) is 5.72. The van der Waals surface area contributed by atoms with Gasteiger partial charge in [0.25, 0.3) is 5.91 Å². The van der Waals surface area contributed by atoms with E-state index < -0.39 is 0 Å². The fourth-order valence-electron chi connectivity index (χ4n) is 3.56. The van der Waals surface area contributed by atoms with E-state index in [1.54, 1.807) is 37.4 Å². The van der Waals surface area contributed by atoms with Crippen molar-refractivity contribution in [3.05, 3.63) is 35.9 Å². The maximum atomic E-state index is 12.5. The molecule has 3 aliphatic heterocycles. The van der Waals surface area contributed by atoms with Crippen molar-refractivity contribution >= 4 is 17.4 Å². The molecular weight excluding hydrogens is 338 g/mol. The molecule has 2 bridgehead atoms. The molecule has 0 aliphatic carbocycles. The van der Waals surface area contributed by atoms with Gasteiger partial charge in [0.1, 0.15) is 5.75 Å². The fraction of sp³-hybridized carbons (Fsp3) is 0.444. The zero-order chi connectivity index (χ0) is 17.2. The maximum absolute atomic E-state index is 12.5. The predicted molar refractivity (Wildman–Crippen MR) is 95.6 cm³/mol. The Balaban J connectivity index is 1.37. The third kappa shape index (κ3) is 3.62. The van der Waals surface area contributed by atoms with Crippen molar-refractivity contribution in [2.45, 2.75) is 18.9 Å². The fourth-order valence-corrected chi connectivity index (χ4v) is 4.06. The van der Waals surface area contributed by atoms with Crippen LogP contribution in [-0.4, -0.2) is 48.0 Å². The predicted octanol–water partition coefficient (Wildman–Crippen LogP) is 2.77. The number of ether oxygens (including phenoxy) is 2. The molecule has 1 atom stereocenters. The van der Waals surface area contributed by atoms with Crippen LogP contribution in [0.3, 0.4) is 0 Å². The quantitative estimate of drug-likeness (QED) is 0.889. The van der Waals surface area contributed by atoms with Gasteiger partial charge in [-0.1, -0.05) is 0 Å². The molecule has 3 fully saturated rings. The van der Waals surface area contributed by atoms with Gasteiger partial charge >= 0.3 is 0 Å². The molecule has 3 aliphatic rings. The van der Waals surface area contributed by atoms with Crippen molar-refractivity contribution in [1.29, 1.82) is 0 Å². The van der Waals surface area contributed by atoms with Gasteiger partial charge in [-0.05, 0) is 56.1 Å². The number of piperidine rings is 3. The van der Waals surface area contributed by atoms with Crippen LogP contribution in [0.2, 0.25) is 0 Å². The number of aromatic nitrogens is 1. The first-order valence-corrected chi connectivity index (χ1v) is 9.30. The number of methoxy groups -OCH3 is 1. The summed E-state index contributed by atoms with van der Waals surface area (Å²) in [5.41, 5.74) is 0.652. The van der Waals surface area contributed by atoms with Crippen LogP contribution in [0.1, 0.15) is 23.2 Å². The van der Waals surface area contributed by atoms with Crippen molar-refractivity contribution in [2.75, 3.05) is 26.7 Å². The summed E-state index contributed by atoms with van der Waals surface area (Å²) in [6.45, 7) is 3.32. The second-order valence-electron chi connectivity index (χ2n) is 6.53. The van der Waals surface area contributed by atoms with Gasteiger partial charge in [0.15, 0.2) is 5.06 Å². The van der Waals surface area contributed by atoms with E-state index in [0.717, 1.165) is 6.54 Å². The smallest absolute Gasteiger partial charge is 0.251 e. The highest BCUT2D eigenvalue weighted by atomic mass is 32.1. The first-order valence-electron chi connectivity index (χ1n) is 8.53.